The van der Waals surface area contributed by atoms with E-state index < -0.39 is 0 Å². The van der Waals surface area contributed by atoms with Crippen LogP contribution in [0.2, 0.25) is 0 Å². The van der Waals surface area contributed by atoms with Gasteiger partial charge in [-0.2, -0.15) is 0 Å². The van der Waals surface area contributed by atoms with Crippen LogP contribution in [0.25, 0.3) is 0 Å². The van der Waals surface area contributed by atoms with Gasteiger partial charge < -0.3 is 4.74 Å². The molecule has 0 spiro atoms. The number of carbonyl (C=O) groups is 1. The molecule has 0 aliphatic rings. The van der Waals surface area contributed by atoms with E-state index >= 15 is 0 Å². The first-order chi connectivity index (χ1) is 14.0. The molecule has 2 heteroatoms. The molecule has 0 rings (SSSR count). The van der Waals surface area contributed by atoms with Crippen molar-refractivity contribution in [2.24, 2.45) is 11.8 Å². The van der Waals surface area contributed by atoms with Crippen LogP contribution in [0.15, 0.2) is 11.6 Å². The topological polar surface area (TPSA) is 26.3 Å². The Kier molecular flexibility index (Phi) is 19.9. The molecule has 172 valence electrons. The molecule has 2 unspecified atom stereocenters. The molecule has 0 saturated heterocycles. The van der Waals surface area contributed by atoms with Gasteiger partial charge in [-0.15, -0.1) is 0 Å². The van der Waals surface area contributed by atoms with Gasteiger partial charge in [-0.1, -0.05) is 109 Å². The fourth-order valence-corrected chi connectivity index (χ4v) is 3.88. The number of ether oxygens (including phenoxy) is 1. The second kappa shape index (κ2) is 20.5. The molecule has 0 heterocycles. The van der Waals surface area contributed by atoms with E-state index in [1.54, 1.807) is 0 Å². The Bertz CT molecular complexity index is 395. The van der Waals surface area contributed by atoms with Crippen molar-refractivity contribution in [3.63, 3.8) is 0 Å². The second-order valence-corrected chi connectivity index (χ2v) is 9.64. The first-order valence-electron chi connectivity index (χ1n) is 12.7. The van der Waals surface area contributed by atoms with Crippen molar-refractivity contribution in [2.75, 3.05) is 6.61 Å². The van der Waals surface area contributed by atoms with E-state index in [0.717, 1.165) is 19.3 Å². The Labute approximate surface area is 183 Å². The van der Waals surface area contributed by atoms with Gasteiger partial charge in [0.15, 0.2) is 0 Å². The van der Waals surface area contributed by atoms with Gasteiger partial charge in [-0.25, -0.2) is 0 Å². The standard InChI is InChI=1S/C27H52O2/c1-6-7-8-9-10-11-12-13-14-15-16-17-18-19-27(28)29-23-26(5)22-25(4)21-20-24(2)3/h20,25-26H,6-19,21-23H2,1-5H3. The highest BCUT2D eigenvalue weighted by molar-refractivity contribution is 5.69. The van der Waals surface area contributed by atoms with Crippen molar-refractivity contribution in [1.29, 1.82) is 0 Å². The minimum atomic E-state index is -0.00289. The van der Waals surface area contributed by atoms with Crippen molar-refractivity contribution in [2.45, 2.75) is 137 Å². The number of rotatable bonds is 20. The summed E-state index contributed by atoms with van der Waals surface area (Å²) < 4.78 is 5.48. The van der Waals surface area contributed by atoms with Crippen molar-refractivity contribution in [3.05, 3.63) is 11.6 Å². The van der Waals surface area contributed by atoms with E-state index in [1.807, 2.05) is 0 Å². The fourth-order valence-electron chi connectivity index (χ4n) is 3.88. The van der Waals surface area contributed by atoms with Crippen molar-refractivity contribution in [3.8, 4) is 0 Å². The molecule has 0 radical (unpaired) electrons. The van der Waals surface area contributed by atoms with Crippen LogP contribution in [0.5, 0.6) is 0 Å². The molecule has 0 aromatic rings. The van der Waals surface area contributed by atoms with E-state index in [4.69, 9.17) is 4.74 Å². The van der Waals surface area contributed by atoms with Crippen LogP contribution in [0, 0.1) is 11.8 Å². The Hall–Kier alpha value is -0.790. The lowest BCUT2D eigenvalue weighted by Gasteiger charge is -2.16. The third-order valence-corrected chi connectivity index (χ3v) is 5.75. The average molecular weight is 409 g/mol. The highest BCUT2D eigenvalue weighted by atomic mass is 16.5. The van der Waals surface area contributed by atoms with Gasteiger partial charge in [0.2, 0.25) is 0 Å². The first-order valence-corrected chi connectivity index (χ1v) is 12.7. The molecule has 0 aliphatic heterocycles. The number of allylic oxidation sites excluding steroid dienone is 2. The minimum absolute atomic E-state index is 0.00289. The van der Waals surface area contributed by atoms with Gasteiger partial charge >= 0.3 is 5.97 Å². The predicted octanol–water partition coefficient (Wildman–Crippen LogP) is 9.03. The zero-order chi connectivity index (χ0) is 21.7. The van der Waals surface area contributed by atoms with Crippen LogP contribution < -0.4 is 0 Å². The van der Waals surface area contributed by atoms with Crippen LogP contribution in [-0.2, 0) is 9.53 Å². The van der Waals surface area contributed by atoms with Gasteiger partial charge in [0, 0.05) is 6.42 Å². The summed E-state index contributed by atoms with van der Waals surface area (Å²) in [5, 5.41) is 0. The van der Waals surface area contributed by atoms with Crippen LogP contribution in [0.3, 0.4) is 0 Å². The Morgan fingerprint density at radius 1 is 0.759 bits per heavy atom. The Balaban J connectivity index is 3.42. The molecule has 2 nitrogen and oxygen atoms in total. The minimum Gasteiger partial charge on any atom is -0.465 e. The summed E-state index contributed by atoms with van der Waals surface area (Å²) in [6.45, 7) is 11.6. The summed E-state index contributed by atoms with van der Waals surface area (Å²) in [6.07, 6.45) is 22.5. The van der Waals surface area contributed by atoms with Crippen LogP contribution in [0.4, 0.5) is 0 Å². The third kappa shape index (κ3) is 21.7. The molecule has 0 aliphatic carbocycles. The summed E-state index contributed by atoms with van der Waals surface area (Å²) in [6, 6.07) is 0. The van der Waals surface area contributed by atoms with Crippen molar-refractivity contribution in [1.82, 2.24) is 0 Å². The largest absolute Gasteiger partial charge is 0.465 e. The quantitative estimate of drug-likeness (QED) is 0.114. The summed E-state index contributed by atoms with van der Waals surface area (Å²) in [7, 11) is 0. The zero-order valence-corrected chi connectivity index (χ0v) is 20.6. The van der Waals surface area contributed by atoms with Gasteiger partial charge in [-0.05, 0) is 44.9 Å². The van der Waals surface area contributed by atoms with Gasteiger partial charge in [0.25, 0.3) is 0 Å². The van der Waals surface area contributed by atoms with Crippen LogP contribution in [-0.4, -0.2) is 12.6 Å². The molecule has 0 aromatic heterocycles. The maximum Gasteiger partial charge on any atom is 0.305 e. The van der Waals surface area contributed by atoms with Crippen LogP contribution >= 0.6 is 0 Å². The van der Waals surface area contributed by atoms with Crippen molar-refractivity contribution >= 4 is 5.97 Å². The molecular formula is C27H52O2. The highest BCUT2D eigenvalue weighted by Gasteiger charge is 2.11. The molecule has 0 fully saturated rings. The van der Waals surface area contributed by atoms with Gasteiger partial charge in [0.1, 0.15) is 0 Å². The smallest absolute Gasteiger partial charge is 0.305 e. The van der Waals surface area contributed by atoms with E-state index in [-0.39, 0.29) is 5.97 Å². The maximum atomic E-state index is 11.9. The number of unbranched alkanes of at least 4 members (excludes halogenated alkanes) is 12. The van der Waals surface area contributed by atoms with Crippen molar-refractivity contribution < 1.29 is 9.53 Å². The molecular weight excluding hydrogens is 356 g/mol. The molecule has 0 bridgehead atoms. The van der Waals surface area contributed by atoms with E-state index in [9.17, 15) is 4.79 Å². The molecule has 0 N–H and O–H groups in total. The molecule has 2 atom stereocenters. The summed E-state index contributed by atoms with van der Waals surface area (Å²) in [5.41, 5.74) is 1.38. The van der Waals surface area contributed by atoms with E-state index in [0.29, 0.717) is 24.9 Å². The number of hydrogen-bond donors (Lipinski definition) is 0. The fraction of sp³-hybridized carbons (Fsp3) is 0.889. The normalized spacial score (nSPS) is 13.1. The van der Waals surface area contributed by atoms with E-state index in [1.165, 1.54) is 82.6 Å². The monoisotopic (exact) mass is 408 g/mol. The summed E-state index contributed by atoms with van der Waals surface area (Å²) in [4.78, 5) is 11.9. The molecule has 0 aromatic carbocycles. The lowest BCUT2D eigenvalue weighted by Crippen LogP contribution is -2.14. The average Bonchev–Trinajstić information content (AvgIpc) is 2.68. The number of hydrogen-bond acceptors (Lipinski definition) is 2. The number of carbonyl (C=O) groups excluding carboxylic acids is 1. The predicted molar refractivity (Wildman–Crippen MR) is 128 cm³/mol. The SMILES string of the molecule is CCCCCCCCCCCCCCCC(=O)OCC(C)CC(C)CC=C(C)C. The molecule has 29 heavy (non-hydrogen) atoms. The Morgan fingerprint density at radius 2 is 1.24 bits per heavy atom. The third-order valence-electron chi connectivity index (χ3n) is 5.75. The summed E-state index contributed by atoms with van der Waals surface area (Å²) >= 11 is 0. The number of esters is 1. The van der Waals surface area contributed by atoms with Crippen LogP contribution in [0.1, 0.15) is 137 Å². The second-order valence-electron chi connectivity index (χ2n) is 9.64. The lowest BCUT2D eigenvalue weighted by atomic mass is 9.94. The van der Waals surface area contributed by atoms with E-state index in [2.05, 4.69) is 40.7 Å². The van der Waals surface area contributed by atoms with Gasteiger partial charge in [0.05, 0.1) is 6.61 Å². The zero-order valence-electron chi connectivity index (χ0n) is 20.6. The molecule has 0 saturated carbocycles. The maximum absolute atomic E-state index is 11.9. The lowest BCUT2D eigenvalue weighted by molar-refractivity contribution is -0.145. The first kappa shape index (κ1) is 28.2. The Morgan fingerprint density at radius 3 is 1.72 bits per heavy atom. The van der Waals surface area contributed by atoms with Gasteiger partial charge in [-0.3, -0.25) is 4.79 Å². The highest BCUT2D eigenvalue weighted by Crippen LogP contribution is 2.17. The summed E-state index contributed by atoms with van der Waals surface area (Å²) in [5.74, 6) is 1.10. The molecule has 0 amide bonds.